The third-order valence-electron chi connectivity index (χ3n) is 6.43. The van der Waals surface area contributed by atoms with E-state index in [1.165, 1.54) is 0 Å². The second kappa shape index (κ2) is 17.7. The predicted molar refractivity (Wildman–Crippen MR) is 137 cm³/mol. The summed E-state index contributed by atoms with van der Waals surface area (Å²) in [5.74, 6) is 0.0995. The molecule has 32 heavy (non-hydrogen) atoms. The first-order chi connectivity index (χ1) is 15.3. The van der Waals surface area contributed by atoms with Crippen LogP contribution >= 0.6 is 0 Å². The topological polar surface area (TPSA) is 57.2 Å². The van der Waals surface area contributed by atoms with Gasteiger partial charge in [0.2, 0.25) is 0 Å². The van der Waals surface area contributed by atoms with E-state index in [9.17, 15) is 5.11 Å². The standard InChI is InChI=1S/C26H50O5Si/c1-10-14-15-16-17-24(29-9)26(30-20-28-8)23(7)25(22(6)18-21(5)19-27)31-32(11-2,12-3)13-4/h10,16-18,21,23-27H,1,11-15,19-20H2,2-9H3/b17-16+,22-18+/t21-,23+,24?,25-,26-/m0/s1. The largest absolute Gasteiger partial charge is 0.410 e. The zero-order valence-corrected chi connectivity index (χ0v) is 22.9. The molecule has 0 saturated heterocycles. The zero-order chi connectivity index (χ0) is 24.6. The van der Waals surface area contributed by atoms with E-state index >= 15 is 0 Å². The molecule has 5 nitrogen and oxygen atoms in total. The monoisotopic (exact) mass is 470 g/mol. The first-order valence-electron chi connectivity index (χ1n) is 12.2. The molecule has 0 aromatic carbocycles. The summed E-state index contributed by atoms with van der Waals surface area (Å²) >= 11 is 0. The van der Waals surface area contributed by atoms with Crippen molar-refractivity contribution in [1.29, 1.82) is 0 Å². The van der Waals surface area contributed by atoms with Crippen molar-refractivity contribution in [1.82, 2.24) is 0 Å². The van der Waals surface area contributed by atoms with Crippen LogP contribution in [0.2, 0.25) is 18.1 Å². The lowest BCUT2D eigenvalue weighted by atomic mass is 9.88. The smallest absolute Gasteiger partial charge is 0.192 e. The molecule has 0 radical (unpaired) electrons. The van der Waals surface area contributed by atoms with Crippen molar-refractivity contribution in [2.45, 2.75) is 90.8 Å². The number of hydrogen-bond donors (Lipinski definition) is 1. The van der Waals surface area contributed by atoms with Crippen LogP contribution in [-0.4, -0.2) is 59.4 Å². The number of allylic oxidation sites excluding steroid dienone is 2. The summed E-state index contributed by atoms with van der Waals surface area (Å²) in [4.78, 5) is 0. The van der Waals surface area contributed by atoms with Gasteiger partial charge in [-0.15, -0.1) is 6.58 Å². The molecule has 0 saturated carbocycles. The maximum absolute atomic E-state index is 9.61. The van der Waals surface area contributed by atoms with Gasteiger partial charge in [0.05, 0.1) is 12.2 Å². The van der Waals surface area contributed by atoms with Gasteiger partial charge in [0.1, 0.15) is 12.9 Å². The van der Waals surface area contributed by atoms with Crippen LogP contribution < -0.4 is 0 Å². The van der Waals surface area contributed by atoms with E-state index in [-0.39, 0.29) is 43.5 Å². The van der Waals surface area contributed by atoms with Crippen LogP contribution in [0.5, 0.6) is 0 Å². The highest BCUT2D eigenvalue weighted by molar-refractivity contribution is 6.73. The van der Waals surface area contributed by atoms with Crippen LogP contribution in [-0.2, 0) is 18.6 Å². The minimum Gasteiger partial charge on any atom is -0.410 e. The summed E-state index contributed by atoms with van der Waals surface area (Å²) in [5, 5.41) is 9.61. The van der Waals surface area contributed by atoms with E-state index in [4.69, 9.17) is 18.6 Å². The van der Waals surface area contributed by atoms with Gasteiger partial charge in [0.15, 0.2) is 8.32 Å². The lowest BCUT2D eigenvalue weighted by molar-refractivity contribution is -0.137. The van der Waals surface area contributed by atoms with Crippen molar-refractivity contribution < 1.29 is 23.7 Å². The average molecular weight is 471 g/mol. The minimum atomic E-state index is -1.89. The molecule has 0 spiro atoms. The molecule has 0 amide bonds. The van der Waals surface area contributed by atoms with Gasteiger partial charge in [0.25, 0.3) is 0 Å². The summed E-state index contributed by atoms with van der Waals surface area (Å²) in [5.41, 5.74) is 1.14. The van der Waals surface area contributed by atoms with E-state index in [0.717, 1.165) is 36.5 Å². The molecule has 6 heteroatoms. The minimum absolute atomic E-state index is 0.0258. The molecule has 0 bridgehead atoms. The van der Waals surface area contributed by atoms with E-state index < -0.39 is 8.32 Å². The first-order valence-corrected chi connectivity index (χ1v) is 14.7. The normalized spacial score (nSPS) is 17.8. The van der Waals surface area contributed by atoms with E-state index in [1.807, 2.05) is 13.0 Å². The number of methoxy groups -OCH3 is 2. The van der Waals surface area contributed by atoms with Gasteiger partial charge in [-0.1, -0.05) is 58.9 Å². The fraction of sp³-hybridized carbons (Fsp3) is 0.769. The van der Waals surface area contributed by atoms with Gasteiger partial charge >= 0.3 is 0 Å². The molecule has 0 aliphatic rings. The second-order valence-corrected chi connectivity index (χ2v) is 13.5. The number of ether oxygens (including phenoxy) is 3. The van der Waals surface area contributed by atoms with Crippen molar-refractivity contribution in [2.24, 2.45) is 11.8 Å². The van der Waals surface area contributed by atoms with E-state index in [2.05, 4.69) is 59.4 Å². The number of rotatable bonds is 19. The molecule has 0 aromatic rings. The summed E-state index contributed by atoms with van der Waals surface area (Å²) < 4.78 is 24.3. The Morgan fingerprint density at radius 2 is 1.69 bits per heavy atom. The van der Waals surface area contributed by atoms with Crippen LogP contribution in [0.4, 0.5) is 0 Å². The SMILES string of the molecule is C=CCC/C=C/C(OC)[C@@H](OCOC)[C@H](C)[C@@H](O[Si](CC)(CC)CC)/C(C)=C/[C@H](C)CO. The van der Waals surface area contributed by atoms with E-state index in [1.54, 1.807) is 14.2 Å². The summed E-state index contributed by atoms with van der Waals surface area (Å²) in [6, 6.07) is 3.22. The molecule has 0 fully saturated rings. The molecule has 188 valence electrons. The highest BCUT2D eigenvalue weighted by atomic mass is 28.4. The van der Waals surface area contributed by atoms with E-state index in [0.29, 0.717) is 0 Å². The number of hydrogen-bond acceptors (Lipinski definition) is 5. The maximum Gasteiger partial charge on any atom is 0.192 e. The Balaban J connectivity index is 6.13. The summed E-state index contributed by atoms with van der Waals surface area (Å²) in [6.45, 7) is 17.1. The predicted octanol–water partition coefficient (Wildman–Crippen LogP) is 6.11. The quantitative estimate of drug-likeness (QED) is 0.107. The van der Waals surface area contributed by atoms with Gasteiger partial charge in [0, 0.05) is 26.7 Å². The van der Waals surface area contributed by atoms with Crippen molar-refractivity contribution in [3.05, 3.63) is 36.5 Å². The molecular weight excluding hydrogens is 420 g/mol. The third-order valence-corrected chi connectivity index (χ3v) is 11.0. The van der Waals surface area contributed by atoms with Crippen LogP contribution in [0, 0.1) is 11.8 Å². The molecule has 0 aliphatic heterocycles. The van der Waals surface area contributed by atoms with Crippen molar-refractivity contribution in [3.63, 3.8) is 0 Å². The van der Waals surface area contributed by atoms with Crippen molar-refractivity contribution >= 4 is 8.32 Å². The fourth-order valence-electron chi connectivity index (χ4n) is 4.11. The Hall–Kier alpha value is -0.763. The molecule has 1 unspecified atom stereocenters. The highest BCUT2D eigenvalue weighted by Gasteiger charge is 2.39. The molecule has 0 aromatic heterocycles. The van der Waals surface area contributed by atoms with Gasteiger partial charge in [-0.25, -0.2) is 0 Å². The molecule has 0 rings (SSSR count). The number of aliphatic hydroxyl groups is 1. The number of aliphatic hydroxyl groups excluding tert-OH is 1. The zero-order valence-electron chi connectivity index (χ0n) is 21.9. The Morgan fingerprint density at radius 1 is 1.06 bits per heavy atom. The van der Waals surface area contributed by atoms with Crippen molar-refractivity contribution in [2.75, 3.05) is 27.6 Å². The van der Waals surface area contributed by atoms with Gasteiger partial charge in [-0.05, 0) is 49.4 Å². The molecule has 1 N–H and O–H groups in total. The second-order valence-electron chi connectivity index (χ2n) is 8.74. The highest BCUT2D eigenvalue weighted by Crippen LogP contribution is 2.32. The molecule has 0 heterocycles. The van der Waals surface area contributed by atoms with Crippen LogP contribution in [0.25, 0.3) is 0 Å². The maximum atomic E-state index is 9.61. The Bertz CT molecular complexity index is 536. The Morgan fingerprint density at radius 3 is 2.16 bits per heavy atom. The van der Waals surface area contributed by atoms with Crippen LogP contribution in [0.3, 0.4) is 0 Å². The Kier molecular flexibility index (Phi) is 17.3. The average Bonchev–Trinajstić information content (AvgIpc) is 2.81. The van der Waals surface area contributed by atoms with Gasteiger partial charge in [-0.2, -0.15) is 0 Å². The van der Waals surface area contributed by atoms with Crippen molar-refractivity contribution in [3.8, 4) is 0 Å². The van der Waals surface area contributed by atoms with Crippen LogP contribution in [0.15, 0.2) is 36.5 Å². The van der Waals surface area contributed by atoms with Gasteiger partial charge < -0.3 is 23.7 Å². The van der Waals surface area contributed by atoms with Gasteiger partial charge in [-0.3, -0.25) is 0 Å². The Labute approximate surface area is 199 Å². The fourth-order valence-corrected chi connectivity index (χ4v) is 7.05. The lowest BCUT2D eigenvalue weighted by Crippen LogP contribution is -2.48. The molecule has 5 atom stereocenters. The summed E-state index contributed by atoms with van der Waals surface area (Å²) in [6.07, 6.45) is 9.52. The summed E-state index contributed by atoms with van der Waals surface area (Å²) in [7, 11) is 1.46. The van der Waals surface area contributed by atoms with Crippen LogP contribution in [0.1, 0.15) is 54.4 Å². The third kappa shape index (κ3) is 10.4. The molecular formula is C26H50O5Si. The first kappa shape index (κ1) is 31.2. The molecule has 0 aliphatic carbocycles. The lowest BCUT2D eigenvalue weighted by Gasteiger charge is -2.40. The number of unbranched alkanes of at least 4 members (excludes halogenated alkanes) is 1.